The van der Waals surface area contributed by atoms with Gasteiger partial charge >= 0.3 is 29.6 Å². The average Bonchev–Trinajstić information content (AvgIpc) is 3.37. The fraction of sp³-hybridized carbons (Fsp3) is 0.286. The SMILES string of the molecule is O=C([O-])[C@@]1(O)C[C@@H](O)[C@H](O)C(OCc2cccs2)=C1Cc1ccc2sccc2c1.[Na+]. The zero-order valence-electron chi connectivity index (χ0n) is 16.3. The molecule has 0 aliphatic heterocycles. The topological polar surface area (TPSA) is 110 Å². The van der Waals surface area contributed by atoms with Crippen LogP contribution in [0.2, 0.25) is 0 Å². The first-order valence-electron chi connectivity index (χ1n) is 9.03. The maximum atomic E-state index is 11.8. The van der Waals surface area contributed by atoms with E-state index in [-0.39, 0.29) is 53.9 Å². The summed E-state index contributed by atoms with van der Waals surface area (Å²) >= 11 is 3.04. The Morgan fingerprint density at radius 2 is 2.00 bits per heavy atom. The minimum absolute atomic E-state index is 0. The summed E-state index contributed by atoms with van der Waals surface area (Å²) in [7, 11) is 0. The summed E-state index contributed by atoms with van der Waals surface area (Å²) < 4.78 is 6.83. The second-order valence-electron chi connectivity index (χ2n) is 7.04. The number of aliphatic carboxylic acids is 1. The number of fused-ring (bicyclic) bond motifs is 1. The van der Waals surface area contributed by atoms with Gasteiger partial charge in [-0.25, -0.2) is 0 Å². The number of carboxylic acid groups (broad SMARTS) is 1. The summed E-state index contributed by atoms with van der Waals surface area (Å²) in [6.45, 7) is 0.0903. The molecule has 3 N–H and O–H groups in total. The summed E-state index contributed by atoms with van der Waals surface area (Å²) in [5.74, 6) is -1.85. The van der Waals surface area contributed by atoms with Crippen LogP contribution in [0.25, 0.3) is 10.1 Å². The second-order valence-corrected chi connectivity index (χ2v) is 9.02. The van der Waals surface area contributed by atoms with Gasteiger partial charge in [0.15, 0.2) is 0 Å². The van der Waals surface area contributed by atoms with E-state index in [1.807, 2.05) is 47.2 Å². The van der Waals surface area contributed by atoms with E-state index in [1.54, 1.807) is 11.3 Å². The zero-order valence-corrected chi connectivity index (χ0v) is 19.9. The van der Waals surface area contributed by atoms with Crippen molar-refractivity contribution in [3.05, 3.63) is 68.9 Å². The summed E-state index contributed by atoms with van der Waals surface area (Å²) in [6, 6.07) is 11.3. The van der Waals surface area contributed by atoms with Gasteiger partial charge in [0.05, 0.1) is 12.1 Å². The van der Waals surface area contributed by atoms with Crippen LogP contribution in [0.4, 0.5) is 0 Å². The number of carbonyl (C=O) groups is 1. The summed E-state index contributed by atoms with van der Waals surface area (Å²) in [5, 5.41) is 48.3. The van der Waals surface area contributed by atoms with E-state index >= 15 is 0 Å². The summed E-state index contributed by atoms with van der Waals surface area (Å²) in [5.41, 5.74) is -1.68. The number of thiophene rings is 2. The molecule has 3 aromatic rings. The standard InChI is InChI=1S/C21H20O6S2.Na/c22-16-10-21(26,20(24)25)15(9-12-3-4-17-13(8-12)5-7-29-17)19(18(16)23)27-11-14-2-1-6-28-14;/h1-8,16,18,22-23,26H,9-11H2,(H,24,25);/q;+1/p-1/t16-,18+,21-;/m1./s1. The van der Waals surface area contributed by atoms with Crippen molar-refractivity contribution >= 4 is 38.7 Å². The number of hydrogen-bond donors (Lipinski definition) is 3. The monoisotopic (exact) mass is 454 g/mol. The Kier molecular flexibility index (Phi) is 7.42. The van der Waals surface area contributed by atoms with Crippen LogP contribution in [-0.4, -0.2) is 39.1 Å². The Balaban J connectivity index is 0.00000256. The first-order chi connectivity index (χ1) is 13.9. The average molecular weight is 455 g/mol. The molecule has 1 aliphatic rings. The van der Waals surface area contributed by atoms with Gasteiger partial charge in [-0.3, -0.25) is 0 Å². The Morgan fingerprint density at radius 1 is 1.20 bits per heavy atom. The fourth-order valence-corrected chi connectivity index (χ4v) is 4.97. The number of benzene rings is 1. The molecule has 6 nitrogen and oxygen atoms in total. The van der Waals surface area contributed by atoms with Gasteiger partial charge in [-0.05, 0) is 46.0 Å². The predicted octanol–water partition coefficient (Wildman–Crippen LogP) is -1.41. The molecule has 152 valence electrons. The van der Waals surface area contributed by atoms with Crippen molar-refractivity contribution in [2.45, 2.75) is 37.3 Å². The van der Waals surface area contributed by atoms with Gasteiger partial charge in [-0.1, -0.05) is 12.1 Å². The molecule has 30 heavy (non-hydrogen) atoms. The van der Waals surface area contributed by atoms with Crippen LogP contribution in [0.1, 0.15) is 16.9 Å². The van der Waals surface area contributed by atoms with Crippen LogP contribution in [0, 0.1) is 0 Å². The normalized spacial score (nSPS) is 24.0. The molecule has 1 aromatic carbocycles. The van der Waals surface area contributed by atoms with Crippen LogP contribution < -0.4 is 34.7 Å². The first kappa shape index (κ1) is 23.4. The minimum Gasteiger partial charge on any atom is -0.547 e. The number of ether oxygens (including phenoxy) is 1. The Bertz CT molecular complexity index is 1060. The molecular weight excluding hydrogens is 435 g/mol. The number of carboxylic acids is 1. The van der Waals surface area contributed by atoms with E-state index in [0.29, 0.717) is 0 Å². The van der Waals surface area contributed by atoms with E-state index < -0.39 is 30.2 Å². The molecule has 0 bridgehead atoms. The molecule has 3 atom stereocenters. The number of aliphatic hydroxyl groups is 3. The van der Waals surface area contributed by atoms with Gasteiger partial charge in [0.2, 0.25) is 0 Å². The zero-order chi connectivity index (χ0) is 20.6. The number of carbonyl (C=O) groups excluding carboxylic acids is 1. The van der Waals surface area contributed by atoms with E-state index in [4.69, 9.17) is 4.74 Å². The molecule has 2 heterocycles. The van der Waals surface area contributed by atoms with Crippen molar-refractivity contribution in [3.8, 4) is 0 Å². The van der Waals surface area contributed by atoms with E-state index in [0.717, 1.165) is 20.5 Å². The van der Waals surface area contributed by atoms with E-state index in [1.165, 1.54) is 11.3 Å². The van der Waals surface area contributed by atoms with Crippen LogP contribution >= 0.6 is 22.7 Å². The van der Waals surface area contributed by atoms with Gasteiger partial charge in [0, 0.05) is 28.0 Å². The Morgan fingerprint density at radius 3 is 2.70 bits per heavy atom. The van der Waals surface area contributed by atoms with Crippen molar-refractivity contribution in [2.75, 3.05) is 0 Å². The third-order valence-electron chi connectivity index (χ3n) is 5.12. The minimum atomic E-state index is -2.44. The van der Waals surface area contributed by atoms with Crippen LogP contribution in [0.3, 0.4) is 0 Å². The van der Waals surface area contributed by atoms with Gasteiger partial charge < -0.3 is 30.0 Å². The van der Waals surface area contributed by atoms with Crippen molar-refractivity contribution in [1.29, 1.82) is 0 Å². The van der Waals surface area contributed by atoms with Crippen molar-refractivity contribution in [1.82, 2.24) is 0 Å². The van der Waals surface area contributed by atoms with Crippen LogP contribution in [-0.2, 0) is 22.6 Å². The number of hydrogen-bond acceptors (Lipinski definition) is 8. The number of rotatable bonds is 6. The fourth-order valence-electron chi connectivity index (χ4n) is 3.58. The third kappa shape index (κ3) is 4.51. The first-order valence-corrected chi connectivity index (χ1v) is 10.8. The molecule has 2 aromatic heterocycles. The quantitative estimate of drug-likeness (QED) is 0.395. The predicted molar refractivity (Wildman–Crippen MR) is 108 cm³/mol. The molecule has 0 radical (unpaired) electrons. The maximum Gasteiger partial charge on any atom is 1.00 e. The summed E-state index contributed by atoms with van der Waals surface area (Å²) in [4.78, 5) is 12.7. The molecule has 1 aliphatic carbocycles. The summed E-state index contributed by atoms with van der Waals surface area (Å²) in [6.07, 6.45) is -3.45. The Labute approximate surface area is 203 Å². The third-order valence-corrected chi connectivity index (χ3v) is 6.87. The number of aliphatic hydroxyl groups excluding tert-OH is 2. The smallest absolute Gasteiger partial charge is 0.547 e. The van der Waals surface area contributed by atoms with Crippen LogP contribution in [0.5, 0.6) is 0 Å². The largest absolute Gasteiger partial charge is 1.00 e. The molecule has 0 saturated heterocycles. The molecule has 0 unspecified atom stereocenters. The van der Waals surface area contributed by atoms with Gasteiger partial charge in [0.25, 0.3) is 0 Å². The molecular formula is C21H19NaO6S2. The molecule has 0 amide bonds. The Hall–Kier alpha value is -1.23. The van der Waals surface area contributed by atoms with Crippen molar-refractivity contribution in [3.63, 3.8) is 0 Å². The van der Waals surface area contributed by atoms with Crippen LogP contribution in [0.15, 0.2) is 58.5 Å². The maximum absolute atomic E-state index is 11.8. The molecule has 4 rings (SSSR count). The van der Waals surface area contributed by atoms with Gasteiger partial charge in [-0.2, -0.15) is 0 Å². The van der Waals surface area contributed by atoms with E-state index in [2.05, 4.69) is 0 Å². The molecule has 0 fully saturated rings. The van der Waals surface area contributed by atoms with Crippen molar-refractivity contribution < 1.29 is 59.5 Å². The molecule has 9 heteroatoms. The van der Waals surface area contributed by atoms with Gasteiger partial charge in [0.1, 0.15) is 24.1 Å². The molecule has 0 spiro atoms. The second kappa shape index (κ2) is 9.50. The van der Waals surface area contributed by atoms with Crippen molar-refractivity contribution in [2.24, 2.45) is 0 Å². The van der Waals surface area contributed by atoms with E-state index in [9.17, 15) is 25.2 Å². The van der Waals surface area contributed by atoms with Gasteiger partial charge in [-0.15, -0.1) is 22.7 Å². The molecule has 0 saturated carbocycles.